The molecule has 3 rings (SSSR count). The van der Waals surface area contributed by atoms with Crippen molar-refractivity contribution in [2.45, 2.75) is 31.4 Å². The van der Waals surface area contributed by atoms with E-state index in [0.29, 0.717) is 5.56 Å². The van der Waals surface area contributed by atoms with Gasteiger partial charge in [-0.1, -0.05) is 17.7 Å². The quantitative estimate of drug-likeness (QED) is 0.767. The van der Waals surface area contributed by atoms with Gasteiger partial charge in [0.1, 0.15) is 23.9 Å². The van der Waals surface area contributed by atoms with Crippen molar-refractivity contribution in [3.8, 4) is 6.01 Å². The zero-order valence-corrected chi connectivity index (χ0v) is 14.6. The number of benzene rings is 1. The summed E-state index contributed by atoms with van der Waals surface area (Å²) in [6.45, 7) is 0.850. The van der Waals surface area contributed by atoms with Crippen LogP contribution in [0.1, 0.15) is 24.1 Å². The molecule has 0 bridgehead atoms. The number of hydrogen-bond donors (Lipinski definition) is 2. The van der Waals surface area contributed by atoms with Crippen LogP contribution < -0.4 is 15.8 Å². The second-order valence-corrected chi connectivity index (χ2v) is 6.20. The maximum absolute atomic E-state index is 14.1. The second kappa shape index (κ2) is 7.28. The number of ether oxygens (including phenoxy) is 1. The lowest BCUT2D eigenvalue weighted by atomic mass is 10.1. The topological polar surface area (TPSA) is 85.4 Å². The van der Waals surface area contributed by atoms with E-state index in [-0.39, 0.29) is 16.4 Å². The van der Waals surface area contributed by atoms with Crippen LogP contribution in [0, 0.1) is 5.82 Å². The Kier molecular flexibility index (Phi) is 5.20. The summed E-state index contributed by atoms with van der Waals surface area (Å²) in [5.74, 6) is -0.399. The first kappa shape index (κ1) is 19.3. The van der Waals surface area contributed by atoms with Crippen molar-refractivity contribution >= 4 is 17.4 Å². The molecule has 0 fully saturated rings. The van der Waals surface area contributed by atoms with Gasteiger partial charge in [0.15, 0.2) is 6.10 Å². The molecule has 0 spiro atoms. The average molecular weight is 404 g/mol. The summed E-state index contributed by atoms with van der Waals surface area (Å²) < 4.78 is 56.2. The van der Waals surface area contributed by atoms with Crippen molar-refractivity contribution < 1.29 is 22.3 Å². The Balaban J connectivity index is 1.81. The van der Waals surface area contributed by atoms with Crippen molar-refractivity contribution in [3.05, 3.63) is 52.6 Å². The maximum atomic E-state index is 14.1. The molecule has 0 saturated carbocycles. The summed E-state index contributed by atoms with van der Waals surface area (Å²) in [6, 6.07) is 3.11. The summed E-state index contributed by atoms with van der Waals surface area (Å²) in [5, 5.41) is 3.00. The van der Waals surface area contributed by atoms with E-state index in [9.17, 15) is 17.6 Å². The minimum Gasteiger partial charge on any atom is -0.451 e. The first-order valence-electron chi connectivity index (χ1n) is 7.76. The van der Waals surface area contributed by atoms with E-state index in [2.05, 4.69) is 25.0 Å². The maximum Gasteiger partial charge on any atom is 0.425 e. The number of halogens is 5. The van der Waals surface area contributed by atoms with Gasteiger partial charge in [0, 0.05) is 18.0 Å². The van der Waals surface area contributed by atoms with Gasteiger partial charge in [-0.3, -0.25) is 4.99 Å². The smallest absolute Gasteiger partial charge is 0.425 e. The SMILES string of the molecule is C[C@H](Oc1ncc(C2N=C(c3c(F)cccc3Cl)NC2N)cn1)C(F)(F)F. The van der Waals surface area contributed by atoms with Gasteiger partial charge in [-0.2, -0.15) is 13.2 Å². The third-order valence-electron chi connectivity index (χ3n) is 3.84. The number of rotatable bonds is 4. The molecule has 1 aromatic heterocycles. The minimum atomic E-state index is -4.53. The van der Waals surface area contributed by atoms with Crippen molar-refractivity contribution in [1.82, 2.24) is 15.3 Å². The lowest BCUT2D eigenvalue weighted by molar-refractivity contribution is -0.190. The standard InChI is InChI=1S/C16H14ClF4N5O/c1-7(16(19,20)21)27-15-23-5-8(6-24-15)12-13(22)26-14(25-12)11-9(17)3-2-4-10(11)18/h2-7,12-13H,22H2,1H3,(H,25,26)/t7-,12?,13?/m0/s1. The van der Waals surface area contributed by atoms with E-state index in [0.717, 1.165) is 6.92 Å². The monoisotopic (exact) mass is 403 g/mol. The van der Waals surface area contributed by atoms with Crippen LogP contribution >= 0.6 is 11.6 Å². The van der Waals surface area contributed by atoms with Crippen LogP contribution in [0.4, 0.5) is 17.6 Å². The zero-order chi connectivity index (χ0) is 19.8. The van der Waals surface area contributed by atoms with Gasteiger partial charge < -0.3 is 15.8 Å². The molecule has 1 aliphatic rings. The van der Waals surface area contributed by atoms with Gasteiger partial charge in [-0.15, -0.1) is 0 Å². The van der Waals surface area contributed by atoms with Crippen LogP contribution in [0.15, 0.2) is 35.6 Å². The predicted molar refractivity (Wildman–Crippen MR) is 90.0 cm³/mol. The van der Waals surface area contributed by atoms with E-state index in [4.69, 9.17) is 17.3 Å². The van der Waals surface area contributed by atoms with E-state index >= 15 is 0 Å². The van der Waals surface area contributed by atoms with E-state index in [1.54, 1.807) is 0 Å². The number of nitrogens with one attached hydrogen (secondary N) is 1. The third-order valence-corrected chi connectivity index (χ3v) is 4.16. The number of alkyl halides is 3. The van der Waals surface area contributed by atoms with Gasteiger partial charge in [-0.25, -0.2) is 14.4 Å². The number of amidine groups is 1. The van der Waals surface area contributed by atoms with Crippen molar-refractivity contribution in [1.29, 1.82) is 0 Å². The lowest BCUT2D eigenvalue weighted by Gasteiger charge is -2.17. The average Bonchev–Trinajstić information content (AvgIpc) is 2.96. The molecule has 0 radical (unpaired) electrons. The fourth-order valence-corrected chi connectivity index (χ4v) is 2.65. The molecule has 2 unspecified atom stereocenters. The Hall–Kier alpha value is -2.46. The molecule has 1 aliphatic heterocycles. The number of nitrogens with two attached hydrogens (primary N) is 1. The molecule has 6 nitrogen and oxygen atoms in total. The van der Waals surface area contributed by atoms with Gasteiger partial charge in [0.2, 0.25) is 0 Å². The zero-order valence-electron chi connectivity index (χ0n) is 13.8. The van der Waals surface area contributed by atoms with Crippen molar-refractivity contribution in [3.63, 3.8) is 0 Å². The number of aromatic nitrogens is 2. The highest BCUT2D eigenvalue weighted by molar-refractivity contribution is 6.34. The molecule has 144 valence electrons. The van der Waals surface area contributed by atoms with Gasteiger partial charge in [-0.05, 0) is 19.1 Å². The van der Waals surface area contributed by atoms with Crippen molar-refractivity contribution in [2.24, 2.45) is 10.7 Å². The van der Waals surface area contributed by atoms with Crippen molar-refractivity contribution in [2.75, 3.05) is 0 Å². The second-order valence-electron chi connectivity index (χ2n) is 5.79. The normalized spacial score (nSPS) is 20.8. The summed E-state index contributed by atoms with van der Waals surface area (Å²) in [7, 11) is 0. The Morgan fingerprint density at radius 2 is 1.93 bits per heavy atom. The molecule has 0 aliphatic carbocycles. The molecule has 2 aromatic rings. The molecule has 0 saturated heterocycles. The molecule has 1 aromatic carbocycles. The number of aliphatic imine (C=N–C) groups is 1. The van der Waals surface area contributed by atoms with Crippen LogP contribution in [0.3, 0.4) is 0 Å². The van der Waals surface area contributed by atoms with E-state index in [1.807, 2.05) is 0 Å². The Morgan fingerprint density at radius 3 is 2.52 bits per heavy atom. The van der Waals surface area contributed by atoms with Crippen LogP contribution in [-0.2, 0) is 0 Å². The van der Waals surface area contributed by atoms with Crippen LogP contribution in [0.25, 0.3) is 0 Å². The fraction of sp³-hybridized carbons (Fsp3) is 0.312. The molecule has 3 atom stereocenters. The largest absolute Gasteiger partial charge is 0.451 e. The first-order valence-corrected chi connectivity index (χ1v) is 8.14. The van der Waals surface area contributed by atoms with E-state index < -0.39 is 36.3 Å². The Morgan fingerprint density at radius 1 is 1.26 bits per heavy atom. The Bertz CT molecular complexity index is 839. The summed E-state index contributed by atoms with van der Waals surface area (Å²) in [6.07, 6.45) is -4.79. The highest BCUT2D eigenvalue weighted by Crippen LogP contribution is 2.28. The first-order chi connectivity index (χ1) is 12.7. The number of hydrogen-bond acceptors (Lipinski definition) is 6. The molecule has 2 heterocycles. The van der Waals surface area contributed by atoms with Gasteiger partial charge in [0.25, 0.3) is 0 Å². The van der Waals surface area contributed by atoms with Crippen LogP contribution in [-0.4, -0.2) is 34.2 Å². The molecular weight excluding hydrogens is 390 g/mol. The third kappa shape index (κ3) is 4.11. The van der Waals surface area contributed by atoms with E-state index in [1.165, 1.54) is 30.6 Å². The summed E-state index contributed by atoms with van der Waals surface area (Å²) in [5.41, 5.74) is 6.49. The highest BCUT2D eigenvalue weighted by atomic mass is 35.5. The Labute approximate surface area is 156 Å². The predicted octanol–water partition coefficient (Wildman–Crippen LogP) is 2.97. The lowest BCUT2D eigenvalue weighted by Crippen LogP contribution is -2.39. The number of nitrogens with zero attached hydrogens (tertiary/aromatic N) is 3. The molecule has 27 heavy (non-hydrogen) atoms. The molecule has 11 heteroatoms. The van der Waals surface area contributed by atoms with Crippen LogP contribution in [0.5, 0.6) is 6.01 Å². The highest BCUT2D eigenvalue weighted by Gasteiger charge is 2.38. The van der Waals surface area contributed by atoms with Gasteiger partial charge >= 0.3 is 12.2 Å². The minimum absolute atomic E-state index is 0.0805. The molecule has 0 amide bonds. The fourth-order valence-electron chi connectivity index (χ4n) is 2.40. The molecular formula is C16H14ClF4N5O. The van der Waals surface area contributed by atoms with Crippen LogP contribution in [0.2, 0.25) is 5.02 Å². The molecule has 3 N–H and O–H groups in total. The summed E-state index contributed by atoms with van der Waals surface area (Å²) in [4.78, 5) is 11.8. The van der Waals surface area contributed by atoms with Gasteiger partial charge in [0.05, 0.1) is 10.6 Å². The summed E-state index contributed by atoms with van der Waals surface area (Å²) >= 11 is 6.02.